The van der Waals surface area contributed by atoms with Crippen molar-refractivity contribution < 1.29 is 4.74 Å². The van der Waals surface area contributed by atoms with Crippen LogP contribution in [0.1, 0.15) is 12.7 Å². The molecule has 1 unspecified atom stereocenters. The molecule has 8 nitrogen and oxygen atoms in total. The van der Waals surface area contributed by atoms with Crippen LogP contribution in [-0.4, -0.2) is 45.9 Å². The molecule has 0 aromatic carbocycles. The van der Waals surface area contributed by atoms with Gasteiger partial charge in [-0.2, -0.15) is 4.80 Å². The number of aliphatic imine (C=N–C) groups is 1. The maximum atomic E-state index is 5.66. The fourth-order valence-corrected chi connectivity index (χ4v) is 1.13. The van der Waals surface area contributed by atoms with Crippen LogP contribution < -0.4 is 11.1 Å². The summed E-state index contributed by atoms with van der Waals surface area (Å²) in [4.78, 5) is 5.46. The number of nitrogens with zero attached hydrogens (tertiary/aromatic N) is 5. The molecule has 0 radical (unpaired) electrons. The standard InChI is InChI=1S/C8H17N7O.HI/c1-6(5-16-3)11-8(9)10-4-7-12-14-15(2)13-7;/h6H,4-5H2,1-3H3,(H3,9,10,11);1H. The largest absolute Gasteiger partial charge is 0.383 e. The quantitative estimate of drug-likeness (QED) is 0.410. The van der Waals surface area contributed by atoms with Gasteiger partial charge in [-0.25, -0.2) is 4.99 Å². The predicted octanol–water partition coefficient (Wildman–Crippen LogP) is -0.733. The number of hydrogen-bond donors (Lipinski definition) is 2. The van der Waals surface area contributed by atoms with Gasteiger partial charge < -0.3 is 15.8 Å². The van der Waals surface area contributed by atoms with Crippen molar-refractivity contribution in [2.24, 2.45) is 17.8 Å². The number of nitrogens with two attached hydrogens (primary N) is 1. The summed E-state index contributed by atoms with van der Waals surface area (Å²) in [7, 11) is 3.33. The lowest BCUT2D eigenvalue weighted by Crippen LogP contribution is -2.40. The zero-order valence-corrected chi connectivity index (χ0v) is 12.5. The van der Waals surface area contributed by atoms with Gasteiger partial charge >= 0.3 is 0 Å². The van der Waals surface area contributed by atoms with Crippen molar-refractivity contribution in [1.82, 2.24) is 25.5 Å². The number of rotatable bonds is 5. The first-order chi connectivity index (χ1) is 7.61. The number of methoxy groups -OCH3 is 1. The third-order valence-electron chi connectivity index (χ3n) is 1.75. The number of aryl methyl sites for hydroxylation is 1. The Balaban J connectivity index is 0.00000256. The number of aromatic nitrogens is 4. The number of hydrogen-bond acceptors (Lipinski definition) is 5. The highest BCUT2D eigenvalue weighted by Crippen LogP contribution is 1.88. The van der Waals surface area contributed by atoms with E-state index in [2.05, 4.69) is 25.7 Å². The van der Waals surface area contributed by atoms with Crippen molar-refractivity contribution in [3.8, 4) is 0 Å². The normalized spacial score (nSPS) is 13.0. The van der Waals surface area contributed by atoms with E-state index in [1.807, 2.05) is 6.92 Å². The minimum Gasteiger partial charge on any atom is -0.383 e. The molecule has 1 heterocycles. The highest BCUT2D eigenvalue weighted by molar-refractivity contribution is 14.0. The molecule has 0 saturated heterocycles. The summed E-state index contributed by atoms with van der Waals surface area (Å²) in [5.41, 5.74) is 5.66. The van der Waals surface area contributed by atoms with E-state index in [9.17, 15) is 0 Å². The second-order valence-electron chi connectivity index (χ2n) is 3.40. The van der Waals surface area contributed by atoms with Gasteiger partial charge in [0.2, 0.25) is 0 Å². The molecule has 0 bridgehead atoms. The van der Waals surface area contributed by atoms with E-state index in [0.29, 0.717) is 24.9 Å². The average molecular weight is 355 g/mol. The summed E-state index contributed by atoms with van der Waals surface area (Å²) in [6, 6.07) is 0.114. The van der Waals surface area contributed by atoms with Gasteiger partial charge in [0.25, 0.3) is 0 Å². The Labute approximate surface area is 117 Å². The Hall–Kier alpha value is -0.970. The monoisotopic (exact) mass is 355 g/mol. The van der Waals surface area contributed by atoms with E-state index in [1.165, 1.54) is 4.80 Å². The van der Waals surface area contributed by atoms with Gasteiger partial charge in [-0.1, -0.05) is 0 Å². The van der Waals surface area contributed by atoms with E-state index in [0.717, 1.165) is 0 Å². The second-order valence-corrected chi connectivity index (χ2v) is 3.40. The molecule has 1 aromatic rings. The Morgan fingerprint density at radius 2 is 2.35 bits per heavy atom. The lowest BCUT2D eigenvalue weighted by atomic mass is 10.4. The van der Waals surface area contributed by atoms with Gasteiger partial charge in [0.1, 0.15) is 6.54 Å². The van der Waals surface area contributed by atoms with E-state index < -0.39 is 0 Å². The van der Waals surface area contributed by atoms with Gasteiger partial charge in [-0.15, -0.1) is 34.2 Å². The summed E-state index contributed by atoms with van der Waals surface area (Å²) in [6.07, 6.45) is 0. The first-order valence-corrected chi connectivity index (χ1v) is 4.90. The number of tetrazole rings is 1. The average Bonchev–Trinajstić information content (AvgIpc) is 2.61. The fourth-order valence-electron chi connectivity index (χ4n) is 1.13. The van der Waals surface area contributed by atoms with Crippen LogP contribution in [0.4, 0.5) is 0 Å². The first-order valence-electron chi connectivity index (χ1n) is 4.90. The molecule has 0 aliphatic rings. The molecule has 1 aromatic heterocycles. The first kappa shape index (κ1) is 16.0. The van der Waals surface area contributed by atoms with Crippen molar-refractivity contribution in [3.63, 3.8) is 0 Å². The Morgan fingerprint density at radius 1 is 1.65 bits per heavy atom. The summed E-state index contributed by atoms with van der Waals surface area (Å²) < 4.78 is 4.96. The Morgan fingerprint density at radius 3 is 2.88 bits per heavy atom. The molecular formula is C8H18IN7O. The summed E-state index contributed by atoms with van der Waals surface area (Å²) in [5, 5.41) is 14.4. The molecule has 1 rings (SSSR count). The molecule has 0 amide bonds. The van der Waals surface area contributed by atoms with Gasteiger partial charge in [0.05, 0.1) is 13.7 Å². The van der Waals surface area contributed by atoms with E-state index in [1.54, 1.807) is 14.2 Å². The minimum atomic E-state index is 0. The van der Waals surface area contributed by atoms with Crippen LogP contribution in [0.5, 0.6) is 0 Å². The Kier molecular flexibility index (Phi) is 7.70. The summed E-state index contributed by atoms with van der Waals surface area (Å²) in [5.74, 6) is 0.878. The maximum Gasteiger partial charge on any atom is 0.196 e. The molecule has 0 spiro atoms. The predicted molar refractivity (Wildman–Crippen MR) is 74.0 cm³/mol. The lowest BCUT2D eigenvalue weighted by molar-refractivity contribution is 0.179. The maximum absolute atomic E-state index is 5.66. The lowest BCUT2D eigenvalue weighted by Gasteiger charge is -2.12. The number of halogens is 1. The SMILES string of the molecule is COCC(C)NC(N)=NCc1nnn(C)n1.I. The molecule has 17 heavy (non-hydrogen) atoms. The minimum absolute atomic E-state index is 0. The highest BCUT2D eigenvalue weighted by Gasteiger charge is 2.02. The van der Waals surface area contributed by atoms with E-state index in [4.69, 9.17) is 10.5 Å². The van der Waals surface area contributed by atoms with Crippen LogP contribution in [0.2, 0.25) is 0 Å². The molecule has 98 valence electrons. The van der Waals surface area contributed by atoms with Gasteiger partial charge in [0, 0.05) is 13.2 Å². The smallest absolute Gasteiger partial charge is 0.196 e. The van der Waals surface area contributed by atoms with Crippen LogP contribution in [0.25, 0.3) is 0 Å². The van der Waals surface area contributed by atoms with Crippen LogP contribution in [0, 0.1) is 0 Å². The third kappa shape index (κ3) is 6.36. The summed E-state index contributed by atoms with van der Waals surface area (Å²) in [6.45, 7) is 2.83. The van der Waals surface area contributed by atoms with E-state index in [-0.39, 0.29) is 30.0 Å². The molecule has 0 aliphatic carbocycles. The number of nitrogens with one attached hydrogen (secondary N) is 1. The van der Waals surface area contributed by atoms with Crippen molar-refractivity contribution in [2.75, 3.05) is 13.7 Å². The van der Waals surface area contributed by atoms with E-state index >= 15 is 0 Å². The van der Waals surface area contributed by atoms with Crippen LogP contribution in [0.3, 0.4) is 0 Å². The number of ether oxygens (including phenoxy) is 1. The zero-order valence-electron chi connectivity index (χ0n) is 10.1. The van der Waals surface area contributed by atoms with Gasteiger partial charge in [-0.05, 0) is 12.1 Å². The van der Waals surface area contributed by atoms with Gasteiger partial charge in [0.15, 0.2) is 11.8 Å². The van der Waals surface area contributed by atoms with Crippen molar-refractivity contribution in [3.05, 3.63) is 5.82 Å². The second kappa shape index (κ2) is 8.17. The number of guanidine groups is 1. The van der Waals surface area contributed by atoms with Crippen molar-refractivity contribution >= 4 is 29.9 Å². The van der Waals surface area contributed by atoms with Crippen LogP contribution in [0.15, 0.2) is 4.99 Å². The molecule has 3 N–H and O–H groups in total. The topological polar surface area (TPSA) is 103 Å². The summed E-state index contributed by atoms with van der Waals surface area (Å²) >= 11 is 0. The highest BCUT2D eigenvalue weighted by atomic mass is 127. The molecule has 0 aliphatic heterocycles. The zero-order chi connectivity index (χ0) is 12.0. The van der Waals surface area contributed by atoms with Crippen molar-refractivity contribution in [2.45, 2.75) is 19.5 Å². The van der Waals surface area contributed by atoms with Gasteiger partial charge in [-0.3, -0.25) is 0 Å². The molecular weight excluding hydrogens is 337 g/mol. The third-order valence-corrected chi connectivity index (χ3v) is 1.75. The van der Waals surface area contributed by atoms with Crippen LogP contribution in [-0.2, 0) is 18.3 Å². The van der Waals surface area contributed by atoms with Crippen molar-refractivity contribution in [1.29, 1.82) is 0 Å². The fraction of sp³-hybridized carbons (Fsp3) is 0.750. The van der Waals surface area contributed by atoms with Crippen LogP contribution >= 0.6 is 24.0 Å². The molecule has 0 fully saturated rings. The molecule has 9 heteroatoms. The Bertz CT molecular complexity index is 353. The molecule has 0 saturated carbocycles. The molecule has 1 atom stereocenters.